The van der Waals surface area contributed by atoms with Crippen LogP contribution in [0.4, 0.5) is 10.2 Å². The van der Waals surface area contributed by atoms with Gasteiger partial charge in [0.1, 0.15) is 23.6 Å². The summed E-state index contributed by atoms with van der Waals surface area (Å²) in [5, 5.41) is 5.18. The molecule has 0 saturated heterocycles. The van der Waals surface area contributed by atoms with Crippen molar-refractivity contribution in [3.63, 3.8) is 0 Å². The van der Waals surface area contributed by atoms with Gasteiger partial charge in [0.05, 0.1) is 5.39 Å². The Balaban J connectivity index is 1.71. The summed E-state index contributed by atoms with van der Waals surface area (Å²) in [6, 6.07) is 13.4. The summed E-state index contributed by atoms with van der Waals surface area (Å²) in [6.07, 6.45) is 1.41. The van der Waals surface area contributed by atoms with Crippen LogP contribution in [0.15, 0.2) is 54.9 Å². The van der Waals surface area contributed by atoms with E-state index in [1.807, 2.05) is 12.1 Å². The van der Waals surface area contributed by atoms with Crippen molar-refractivity contribution in [2.24, 2.45) is 7.05 Å². The number of anilines is 1. The Bertz CT molecular complexity index is 1060. The Kier molecular flexibility index (Phi) is 3.53. The van der Waals surface area contributed by atoms with Crippen LogP contribution in [0.1, 0.15) is 0 Å². The molecular weight excluding hydrogens is 321 g/mol. The van der Waals surface area contributed by atoms with E-state index in [1.165, 1.54) is 12.4 Å². The van der Waals surface area contributed by atoms with E-state index in [0.717, 1.165) is 5.56 Å². The van der Waals surface area contributed by atoms with E-state index in [1.54, 1.807) is 42.1 Å². The lowest BCUT2D eigenvalue weighted by atomic mass is 10.1. The van der Waals surface area contributed by atoms with Gasteiger partial charge >= 0.3 is 0 Å². The number of para-hydroxylation sites is 1. The van der Waals surface area contributed by atoms with E-state index in [-0.39, 0.29) is 5.75 Å². The van der Waals surface area contributed by atoms with Gasteiger partial charge in [-0.1, -0.05) is 12.1 Å². The van der Waals surface area contributed by atoms with Gasteiger partial charge < -0.3 is 10.5 Å². The molecule has 0 unspecified atom stereocenters. The molecular formula is C18H14FN5O. The number of aromatic nitrogens is 4. The highest BCUT2D eigenvalue weighted by Crippen LogP contribution is 2.31. The third-order valence-electron chi connectivity index (χ3n) is 3.84. The molecule has 0 aliphatic heterocycles. The quantitative estimate of drug-likeness (QED) is 0.619. The monoisotopic (exact) mass is 335 g/mol. The third kappa shape index (κ3) is 2.65. The molecule has 124 valence electrons. The minimum Gasteiger partial charge on any atom is -0.454 e. The van der Waals surface area contributed by atoms with Crippen LogP contribution in [0.25, 0.3) is 22.3 Å². The van der Waals surface area contributed by atoms with Crippen molar-refractivity contribution >= 4 is 16.9 Å². The van der Waals surface area contributed by atoms with Gasteiger partial charge in [-0.05, 0) is 36.4 Å². The number of halogens is 1. The molecule has 0 bridgehead atoms. The Hall–Kier alpha value is -3.48. The molecule has 2 aromatic carbocycles. The van der Waals surface area contributed by atoms with Crippen molar-refractivity contribution in [1.29, 1.82) is 0 Å². The van der Waals surface area contributed by atoms with Crippen molar-refractivity contribution in [3.05, 3.63) is 60.7 Å². The van der Waals surface area contributed by atoms with Crippen molar-refractivity contribution in [2.75, 3.05) is 5.73 Å². The molecule has 7 heteroatoms. The number of nitrogens with zero attached hydrogens (tertiary/aromatic N) is 4. The molecule has 0 saturated carbocycles. The smallest absolute Gasteiger partial charge is 0.165 e. The summed E-state index contributed by atoms with van der Waals surface area (Å²) in [5.74, 6) is 0.668. The summed E-state index contributed by atoms with van der Waals surface area (Å²) in [4.78, 5) is 8.25. The van der Waals surface area contributed by atoms with E-state index in [2.05, 4.69) is 15.1 Å². The molecule has 0 atom stereocenters. The lowest BCUT2D eigenvalue weighted by molar-refractivity contribution is 0.442. The predicted octanol–water partition coefficient (Wildman–Crippen LogP) is 3.54. The number of nitrogens with two attached hydrogens (primary N) is 1. The number of hydrogen-bond acceptors (Lipinski definition) is 5. The molecule has 0 fully saturated rings. The van der Waals surface area contributed by atoms with Gasteiger partial charge in [0.25, 0.3) is 0 Å². The lowest BCUT2D eigenvalue weighted by Crippen LogP contribution is -1.95. The molecule has 0 spiro atoms. The molecule has 0 aliphatic rings. The van der Waals surface area contributed by atoms with E-state index < -0.39 is 5.82 Å². The Labute approximate surface area is 142 Å². The lowest BCUT2D eigenvalue weighted by Gasteiger charge is -2.07. The fourth-order valence-electron chi connectivity index (χ4n) is 2.65. The maximum absolute atomic E-state index is 13.7. The standard InChI is InChI=1S/C18H14FN5O/c1-24-18-15(17(20)21-10-22-18)16(23-24)11-6-8-12(9-7-11)25-14-5-3-2-4-13(14)19/h2-10H,1H3,(H2,20,21,22). The number of nitrogen functional groups attached to an aromatic ring is 1. The minimum absolute atomic E-state index is 0.177. The average molecular weight is 335 g/mol. The topological polar surface area (TPSA) is 78.9 Å². The van der Waals surface area contributed by atoms with Gasteiger partial charge in [-0.2, -0.15) is 5.10 Å². The van der Waals surface area contributed by atoms with Crippen LogP contribution in [-0.2, 0) is 7.05 Å². The van der Waals surface area contributed by atoms with Gasteiger partial charge in [0.15, 0.2) is 17.2 Å². The highest BCUT2D eigenvalue weighted by molar-refractivity contribution is 5.98. The van der Waals surface area contributed by atoms with E-state index in [9.17, 15) is 4.39 Å². The first-order valence-corrected chi connectivity index (χ1v) is 7.59. The SMILES string of the molecule is Cn1nc(-c2ccc(Oc3ccccc3F)cc2)c2c(N)ncnc21. The first kappa shape index (κ1) is 15.1. The summed E-state index contributed by atoms with van der Waals surface area (Å²) in [5.41, 5.74) is 8.18. The second kappa shape index (κ2) is 5.86. The summed E-state index contributed by atoms with van der Waals surface area (Å²) < 4.78 is 20.9. The molecule has 2 N–H and O–H groups in total. The highest BCUT2D eigenvalue weighted by Gasteiger charge is 2.15. The summed E-state index contributed by atoms with van der Waals surface area (Å²) in [7, 11) is 1.80. The summed E-state index contributed by atoms with van der Waals surface area (Å²) in [6.45, 7) is 0. The molecule has 6 nitrogen and oxygen atoms in total. The van der Waals surface area contributed by atoms with Gasteiger partial charge in [-0.3, -0.25) is 0 Å². The van der Waals surface area contributed by atoms with Crippen molar-refractivity contribution in [2.45, 2.75) is 0 Å². The fraction of sp³-hybridized carbons (Fsp3) is 0.0556. The molecule has 4 rings (SSSR count). The van der Waals surface area contributed by atoms with E-state index in [0.29, 0.717) is 28.3 Å². The maximum Gasteiger partial charge on any atom is 0.165 e. The molecule has 2 heterocycles. The average Bonchev–Trinajstić information content (AvgIpc) is 2.96. The van der Waals surface area contributed by atoms with Crippen molar-refractivity contribution in [3.8, 4) is 22.8 Å². The van der Waals surface area contributed by atoms with Crippen LogP contribution >= 0.6 is 0 Å². The molecule has 0 radical (unpaired) electrons. The van der Waals surface area contributed by atoms with Crippen LogP contribution in [0.2, 0.25) is 0 Å². The molecule has 4 aromatic rings. The van der Waals surface area contributed by atoms with Crippen molar-refractivity contribution in [1.82, 2.24) is 19.7 Å². The second-order valence-corrected chi connectivity index (χ2v) is 5.49. The van der Waals surface area contributed by atoms with Crippen LogP contribution < -0.4 is 10.5 Å². The van der Waals surface area contributed by atoms with Gasteiger partial charge in [0.2, 0.25) is 0 Å². The zero-order valence-corrected chi connectivity index (χ0v) is 13.3. The predicted molar refractivity (Wildman–Crippen MR) is 92.6 cm³/mol. The number of hydrogen-bond donors (Lipinski definition) is 1. The van der Waals surface area contributed by atoms with Crippen LogP contribution in [0.5, 0.6) is 11.5 Å². The zero-order chi connectivity index (χ0) is 17.4. The molecule has 2 aromatic heterocycles. The fourth-order valence-corrected chi connectivity index (χ4v) is 2.65. The second-order valence-electron chi connectivity index (χ2n) is 5.49. The largest absolute Gasteiger partial charge is 0.454 e. The zero-order valence-electron chi connectivity index (χ0n) is 13.3. The Morgan fingerprint density at radius 2 is 1.80 bits per heavy atom. The van der Waals surface area contributed by atoms with Gasteiger partial charge in [-0.25, -0.2) is 19.0 Å². The first-order valence-electron chi connectivity index (χ1n) is 7.59. The van der Waals surface area contributed by atoms with Gasteiger partial charge in [0, 0.05) is 12.6 Å². The van der Waals surface area contributed by atoms with Gasteiger partial charge in [-0.15, -0.1) is 0 Å². The molecule has 0 amide bonds. The van der Waals surface area contributed by atoms with Crippen LogP contribution in [0.3, 0.4) is 0 Å². The Morgan fingerprint density at radius 1 is 1.04 bits per heavy atom. The number of benzene rings is 2. The highest BCUT2D eigenvalue weighted by atomic mass is 19.1. The third-order valence-corrected chi connectivity index (χ3v) is 3.84. The molecule has 0 aliphatic carbocycles. The van der Waals surface area contributed by atoms with Crippen LogP contribution in [-0.4, -0.2) is 19.7 Å². The Morgan fingerprint density at radius 3 is 2.56 bits per heavy atom. The number of rotatable bonds is 3. The number of fused-ring (bicyclic) bond motifs is 1. The summed E-state index contributed by atoms with van der Waals surface area (Å²) >= 11 is 0. The maximum atomic E-state index is 13.7. The number of ether oxygens (including phenoxy) is 1. The first-order chi connectivity index (χ1) is 12.1. The number of aryl methyl sites for hydroxylation is 1. The molecule has 25 heavy (non-hydrogen) atoms. The van der Waals surface area contributed by atoms with Crippen molar-refractivity contribution < 1.29 is 9.13 Å². The minimum atomic E-state index is -0.410. The van der Waals surface area contributed by atoms with E-state index >= 15 is 0 Å². The normalized spacial score (nSPS) is 11.0. The van der Waals surface area contributed by atoms with Crippen LogP contribution in [0, 0.1) is 5.82 Å². The van der Waals surface area contributed by atoms with E-state index in [4.69, 9.17) is 10.5 Å².